The molecule has 3 N–H and O–H groups in total. The lowest BCUT2D eigenvalue weighted by Gasteiger charge is -2.32. The zero-order chi connectivity index (χ0) is 16.2. The Morgan fingerprint density at radius 2 is 1.95 bits per heavy atom. The van der Waals surface area contributed by atoms with Crippen LogP contribution in [-0.4, -0.2) is 48.2 Å². The molecule has 0 saturated carbocycles. The van der Waals surface area contributed by atoms with E-state index in [0.29, 0.717) is 6.54 Å². The summed E-state index contributed by atoms with van der Waals surface area (Å²) in [5, 5.41) is 14.0. The fraction of sp³-hybridized carbons (Fsp3) is 0.429. The monoisotopic (exact) mass is 297 g/mol. The molecule has 21 heavy (non-hydrogen) atoms. The van der Waals surface area contributed by atoms with Gasteiger partial charge >= 0.3 is 12.0 Å². The van der Waals surface area contributed by atoms with Gasteiger partial charge in [0.2, 0.25) is 0 Å². The first-order valence-electron chi connectivity index (χ1n) is 6.38. The van der Waals surface area contributed by atoms with Gasteiger partial charge in [0, 0.05) is 17.8 Å². The molecule has 2 amide bonds. The van der Waals surface area contributed by atoms with E-state index in [4.69, 9.17) is 5.11 Å². The zero-order valence-corrected chi connectivity index (χ0v) is 12.5. The largest absolute Gasteiger partial charge is 0.478 e. The average Bonchev–Trinajstić information content (AvgIpc) is 2.38. The number of nitrogens with one attached hydrogen (secondary N) is 2. The molecular formula is C14H20FN3O3. The number of carboxylic acids is 1. The molecule has 1 aromatic rings. The molecule has 0 radical (unpaired) electrons. The van der Waals surface area contributed by atoms with Gasteiger partial charge in [0.25, 0.3) is 0 Å². The van der Waals surface area contributed by atoms with E-state index in [1.54, 1.807) is 0 Å². The van der Waals surface area contributed by atoms with E-state index in [1.807, 2.05) is 32.8 Å². The standard InChI is InChI=1S/C14H20FN3O3/c1-14(2,18(3)4)8-16-13(21)17-9-5-6-11(15)10(7-9)12(19)20/h5-7H,8H2,1-4H3,(H,19,20)(H2,16,17,21). The summed E-state index contributed by atoms with van der Waals surface area (Å²) in [4.78, 5) is 24.5. The zero-order valence-electron chi connectivity index (χ0n) is 12.5. The third-order valence-electron chi connectivity index (χ3n) is 3.35. The number of hydrogen-bond acceptors (Lipinski definition) is 3. The lowest BCUT2D eigenvalue weighted by molar-refractivity contribution is 0.0692. The van der Waals surface area contributed by atoms with Crippen molar-refractivity contribution < 1.29 is 19.1 Å². The highest BCUT2D eigenvalue weighted by atomic mass is 19.1. The van der Waals surface area contributed by atoms with Gasteiger partial charge in [-0.3, -0.25) is 0 Å². The van der Waals surface area contributed by atoms with Crippen molar-refractivity contribution in [2.75, 3.05) is 26.0 Å². The fourth-order valence-electron chi connectivity index (χ4n) is 1.40. The van der Waals surface area contributed by atoms with Gasteiger partial charge in [-0.15, -0.1) is 0 Å². The van der Waals surface area contributed by atoms with Gasteiger partial charge in [0.05, 0.1) is 5.56 Å². The minimum Gasteiger partial charge on any atom is -0.478 e. The van der Waals surface area contributed by atoms with Crippen LogP contribution in [0.15, 0.2) is 18.2 Å². The summed E-state index contributed by atoms with van der Waals surface area (Å²) in [5.41, 5.74) is -0.498. The number of hydrogen-bond donors (Lipinski definition) is 3. The highest BCUT2D eigenvalue weighted by molar-refractivity contribution is 5.93. The molecule has 116 valence electrons. The van der Waals surface area contributed by atoms with Crippen LogP contribution >= 0.6 is 0 Å². The quantitative estimate of drug-likeness (QED) is 0.776. The van der Waals surface area contributed by atoms with Crippen LogP contribution < -0.4 is 10.6 Å². The van der Waals surface area contributed by atoms with Gasteiger partial charge in [0.1, 0.15) is 5.82 Å². The van der Waals surface area contributed by atoms with E-state index in [-0.39, 0.29) is 11.2 Å². The molecule has 0 heterocycles. The Balaban J connectivity index is 2.68. The Hall–Kier alpha value is -2.15. The van der Waals surface area contributed by atoms with Crippen molar-refractivity contribution >= 4 is 17.7 Å². The molecule has 1 rings (SSSR count). The molecule has 6 nitrogen and oxygen atoms in total. The number of benzene rings is 1. The van der Waals surface area contributed by atoms with Gasteiger partial charge in [-0.25, -0.2) is 14.0 Å². The van der Waals surface area contributed by atoms with Gasteiger partial charge in [0.15, 0.2) is 0 Å². The first-order valence-corrected chi connectivity index (χ1v) is 6.38. The Labute approximate surface area is 122 Å². The minimum absolute atomic E-state index is 0.217. The maximum atomic E-state index is 13.2. The molecule has 7 heteroatoms. The number of carboxylic acid groups (broad SMARTS) is 1. The summed E-state index contributed by atoms with van der Waals surface area (Å²) < 4.78 is 13.2. The van der Waals surface area contributed by atoms with Gasteiger partial charge in [-0.1, -0.05) is 0 Å². The third-order valence-corrected chi connectivity index (χ3v) is 3.35. The van der Waals surface area contributed by atoms with Crippen molar-refractivity contribution in [3.63, 3.8) is 0 Å². The Bertz CT molecular complexity index is 544. The first-order chi connectivity index (χ1) is 9.63. The van der Waals surface area contributed by atoms with Crippen molar-refractivity contribution in [1.82, 2.24) is 10.2 Å². The number of nitrogens with zero attached hydrogens (tertiary/aromatic N) is 1. The highest BCUT2D eigenvalue weighted by Gasteiger charge is 2.21. The maximum Gasteiger partial charge on any atom is 0.338 e. The average molecular weight is 297 g/mol. The van der Waals surface area contributed by atoms with E-state index in [1.165, 1.54) is 6.07 Å². The predicted molar refractivity (Wildman–Crippen MR) is 78.1 cm³/mol. The molecule has 0 saturated heterocycles. The number of urea groups is 1. The van der Waals surface area contributed by atoms with Crippen molar-refractivity contribution in [2.45, 2.75) is 19.4 Å². The second kappa shape index (κ2) is 6.53. The minimum atomic E-state index is -1.38. The molecular weight excluding hydrogens is 277 g/mol. The van der Waals surface area contributed by atoms with Crippen LogP contribution in [0.3, 0.4) is 0 Å². The molecule has 0 aromatic heterocycles. The third kappa shape index (κ3) is 4.71. The van der Waals surface area contributed by atoms with Crippen LogP contribution in [0.5, 0.6) is 0 Å². The Morgan fingerprint density at radius 1 is 1.33 bits per heavy atom. The molecule has 0 bridgehead atoms. The number of halogens is 1. The van der Waals surface area contributed by atoms with E-state index in [9.17, 15) is 14.0 Å². The predicted octanol–water partition coefficient (Wildman–Crippen LogP) is 1.99. The molecule has 0 unspecified atom stereocenters. The van der Waals surface area contributed by atoms with E-state index in [2.05, 4.69) is 10.6 Å². The second-order valence-corrected chi connectivity index (χ2v) is 5.51. The smallest absolute Gasteiger partial charge is 0.338 e. The van der Waals surface area contributed by atoms with E-state index >= 15 is 0 Å². The van der Waals surface area contributed by atoms with E-state index in [0.717, 1.165) is 12.1 Å². The van der Waals surface area contributed by atoms with Crippen molar-refractivity contribution in [2.24, 2.45) is 0 Å². The molecule has 0 aliphatic carbocycles. The number of carbonyl (C=O) groups excluding carboxylic acids is 1. The second-order valence-electron chi connectivity index (χ2n) is 5.51. The lowest BCUT2D eigenvalue weighted by atomic mass is 10.1. The fourth-order valence-corrected chi connectivity index (χ4v) is 1.40. The van der Waals surface area contributed by atoms with Gasteiger partial charge < -0.3 is 20.6 Å². The summed E-state index contributed by atoms with van der Waals surface area (Å²) in [6.45, 7) is 4.33. The van der Waals surface area contributed by atoms with Crippen LogP contribution in [0, 0.1) is 5.82 Å². The maximum absolute atomic E-state index is 13.2. The van der Waals surface area contributed by atoms with Crippen LogP contribution in [-0.2, 0) is 0 Å². The first kappa shape index (κ1) is 16.9. The molecule has 1 aromatic carbocycles. The van der Waals surface area contributed by atoms with Gasteiger partial charge in [-0.05, 0) is 46.1 Å². The summed E-state index contributed by atoms with van der Waals surface area (Å²) in [5.74, 6) is -2.23. The Kier molecular flexibility index (Phi) is 5.26. The lowest BCUT2D eigenvalue weighted by Crippen LogP contribution is -2.49. The molecule has 0 spiro atoms. The summed E-state index contributed by atoms with van der Waals surface area (Å²) in [7, 11) is 3.80. The number of amides is 2. The van der Waals surface area contributed by atoms with Gasteiger partial charge in [-0.2, -0.15) is 0 Å². The molecule has 0 aliphatic rings. The molecule has 0 atom stereocenters. The van der Waals surface area contributed by atoms with Crippen molar-refractivity contribution in [3.8, 4) is 0 Å². The number of aromatic carboxylic acids is 1. The van der Waals surface area contributed by atoms with Crippen LogP contribution in [0.2, 0.25) is 0 Å². The van der Waals surface area contributed by atoms with Crippen molar-refractivity contribution in [3.05, 3.63) is 29.6 Å². The molecule has 0 aliphatic heterocycles. The van der Waals surface area contributed by atoms with Crippen molar-refractivity contribution in [1.29, 1.82) is 0 Å². The van der Waals surface area contributed by atoms with Crippen LogP contribution in [0.4, 0.5) is 14.9 Å². The summed E-state index contributed by atoms with van der Waals surface area (Å²) in [6, 6.07) is 2.91. The normalized spacial score (nSPS) is 11.3. The van der Waals surface area contributed by atoms with Crippen LogP contribution in [0.25, 0.3) is 0 Å². The highest BCUT2D eigenvalue weighted by Crippen LogP contribution is 2.15. The Morgan fingerprint density at radius 3 is 2.48 bits per heavy atom. The van der Waals surface area contributed by atoms with Crippen LogP contribution in [0.1, 0.15) is 24.2 Å². The SMILES string of the molecule is CN(C)C(C)(C)CNC(=O)Nc1ccc(F)c(C(=O)O)c1. The van der Waals surface area contributed by atoms with E-state index < -0.39 is 23.4 Å². The number of likely N-dealkylation sites (N-methyl/N-ethyl adjacent to an activating group) is 1. The molecule has 0 fully saturated rings. The topological polar surface area (TPSA) is 81.7 Å². The number of anilines is 1. The number of carbonyl (C=O) groups is 2. The summed E-state index contributed by atoms with van der Waals surface area (Å²) >= 11 is 0. The summed E-state index contributed by atoms with van der Waals surface area (Å²) in [6.07, 6.45) is 0. The number of rotatable bonds is 5.